The number of nitrogens with zero attached hydrogens (tertiary/aromatic N) is 1. The number of hydrogen-bond donors (Lipinski definition) is 0. The lowest BCUT2D eigenvalue weighted by molar-refractivity contribution is -0.688. The zero-order chi connectivity index (χ0) is 16.4. The minimum absolute atomic E-state index is 0.271. The minimum Gasteiger partial charge on any atom is -0.460 e. The van der Waals surface area contributed by atoms with Gasteiger partial charge in [0.25, 0.3) is 0 Å². The maximum Gasteiger partial charge on any atom is 0.374 e. The molecule has 0 saturated carbocycles. The van der Waals surface area contributed by atoms with E-state index in [4.69, 9.17) is 9.15 Å². The Bertz CT molecular complexity index is 853. The third-order valence-electron chi connectivity index (χ3n) is 3.61. The van der Waals surface area contributed by atoms with Crippen molar-refractivity contribution < 1.29 is 18.5 Å². The molecule has 0 aliphatic rings. The van der Waals surface area contributed by atoms with Gasteiger partial charge in [0.1, 0.15) is 5.58 Å². The van der Waals surface area contributed by atoms with Crippen LogP contribution < -0.4 is 4.57 Å². The Kier molecular flexibility index (Phi) is 4.48. The third-order valence-corrected chi connectivity index (χ3v) is 4.11. The van der Waals surface area contributed by atoms with Crippen molar-refractivity contribution in [2.24, 2.45) is 0 Å². The molecule has 23 heavy (non-hydrogen) atoms. The Hall–Kier alpha value is -2.14. The summed E-state index contributed by atoms with van der Waals surface area (Å²) in [5.41, 5.74) is 2.69. The largest absolute Gasteiger partial charge is 0.460 e. The van der Waals surface area contributed by atoms with Crippen molar-refractivity contribution in [2.45, 2.75) is 20.4 Å². The van der Waals surface area contributed by atoms with E-state index in [0.29, 0.717) is 18.7 Å². The molecule has 2 heterocycles. The van der Waals surface area contributed by atoms with Gasteiger partial charge in [-0.3, -0.25) is 0 Å². The summed E-state index contributed by atoms with van der Waals surface area (Å²) in [5, 5.41) is 0.913. The molecule has 0 N–H and O–H groups in total. The lowest BCUT2D eigenvalue weighted by atomic mass is 10.1. The minimum atomic E-state index is -0.428. The number of aryl methyl sites for hydroxylation is 1. The topological polar surface area (TPSA) is 43.3 Å². The molecule has 2 aromatic heterocycles. The van der Waals surface area contributed by atoms with Crippen LogP contribution in [0.25, 0.3) is 11.0 Å². The number of carbonyl (C=O) groups is 1. The van der Waals surface area contributed by atoms with Crippen LogP contribution in [0.5, 0.6) is 0 Å². The van der Waals surface area contributed by atoms with Gasteiger partial charge in [-0.05, 0) is 37.6 Å². The van der Waals surface area contributed by atoms with E-state index in [1.807, 2.05) is 54.2 Å². The van der Waals surface area contributed by atoms with Crippen LogP contribution in [0.1, 0.15) is 28.6 Å². The molecule has 0 unspecified atom stereocenters. The highest BCUT2D eigenvalue weighted by Crippen LogP contribution is 2.29. The van der Waals surface area contributed by atoms with E-state index >= 15 is 0 Å². The van der Waals surface area contributed by atoms with Gasteiger partial charge >= 0.3 is 5.97 Å². The van der Waals surface area contributed by atoms with Crippen molar-refractivity contribution in [1.29, 1.82) is 0 Å². The number of pyridine rings is 1. The average molecular weight is 375 g/mol. The first-order valence-electron chi connectivity index (χ1n) is 7.42. The Labute approximate surface area is 142 Å². The van der Waals surface area contributed by atoms with E-state index < -0.39 is 5.97 Å². The molecule has 0 aliphatic carbocycles. The second-order valence-corrected chi connectivity index (χ2v) is 6.23. The van der Waals surface area contributed by atoms with Gasteiger partial charge in [-0.1, -0.05) is 15.9 Å². The predicted molar refractivity (Wildman–Crippen MR) is 90.3 cm³/mol. The van der Waals surface area contributed by atoms with Crippen LogP contribution >= 0.6 is 15.9 Å². The summed E-state index contributed by atoms with van der Waals surface area (Å²) < 4.78 is 13.8. The molecule has 0 saturated heterocycles. The number of esters is 1. The molecule has 0 amide bonds. The first-order valence-corrected chi connectivity index (χ1v) is 8.21. The van der Waals surface area contributed by atoms with Crippen LogP contribution in [0.3, 0.4) is 0 Å². The Morgan fingerprint density at radius 3 is 2.70 bits per heavy atom. The normalized spacial score (nSPS) is 10.9. The third kappa shape index (κ3) is 3.29. The van der Waals surface area contributed by atoms with E-state index in [1.165, 1.54) is 5.56 Å². The van der Waals surface area contributed by atoms with Gasteiger partial charge in [0.15, 0.2) is 18.9 Å². The number of furan rings is 1. The lowest BCUT2D eigenvalue weighted by Crippen LogP contribution is -2.33. The first-order chi connectivity index (χ1) is 11.1. The summed E-state index contributed by atoms with van der Waals surface area (Å²) in [5.74, 6) is -0.157. The molecule has 118 valence electrons. The maximum atomic E-state index is 12.2. The zero-order valence-electron chi connectivity index (χ0n) is 13.0. The van der Waals surface area contributed by atoms with Gasteiger partial charge in [0, 0.05) is 22.0 Å². The van der Waals surface area contributed by atoms with Crippen LogP contribution in [0.2, 0.25) is 0 Å². The van der Waals surface area contributed by atoms with Crippen LogP contribution in [0, 0.1) is 6.92 Å². The SMILES string of the molecule is CCOC(=O)c1oc2ccc(Br)cc2c1C[n+]1ccc(C)cc1. The first kappa shape index (κ1) is 15.7. The molecule has 3 rings (SSSR count). The standard InChI is InChI=1S/C18H17BrNO3/c1-3-22-18(21)17-15(11-20-8-6-12(2)7-9-20)14-10-13(19)4-5-16(14)23-17/h4-10H,3,11H2,1-2H3/q+1. The van der Waals surface area contributed by atoms with Crippen molar-refractivity contribution in [1.82, 2.24) is 0 Å². The monoisotopic (exact) mass is 374 g/mol. The highest BCUT2D eigenvalue weighted by atomic mass is 79.9. The predicted octanol–water partition coefficient (Wildman–Crippen LogP) is 4.02. The number of aromatic nitrogens is 1. The molecule has 0 atom stereocenters. The van der Waals surface area contributed by atoms with Gasteiger partial charge in [0.05, 0.1) is 12.2 Å². The number of hydrogen-bond acceptors (Lipinski definition) is 3. The molecule has 1 aromatic carbocycles. The summed E-state index contributed by atoms with van der Waals surface area (Å²) >= 11 is 3.47. The van der Waals surface area contributed by atoms with Crippen LogP contribution in [-0.2, 0) is 11.3 Å². The summed E-state index contributed by atoms with van der Waals surface area (Å²) in [6.07, 6.45) is 3.97. The van der Waals surface area contributed by atoms with Crippen molar-refractivity contribution in [3.05, 3.63) is 64.1 Å². The summed E-state index contributed by atoms with van der Waals surface area (Å²) in [6, 6.07) is 9.77. The molecular formula is C18H17BrNO3+. The molecule has 4 nitrogen and oxygen atoms in total. The van der Waals surface area contributed by atoms with Gasteiger partial charge in [-0.25, -0.2) is 9.36 Å². The average Bonchev–Trinajstić information content (AvgIpc) is 2.88. The van der Waals surface area contributed by atoms with E-state index in [9.17, 15) is 4.79 Å². The smallest absolute Gasteiger partial charge is 0.374 e. The number of fused-ring (bicyclic) bond motifs is 1. The Morgan fingerprint density at radius 1 is 1.26 bits per heavy atom. The maximum absolute atomic E-state index is 12.2. The van der Waals surface area contributed by atoms with E-state index in [2.05, 4.69) is 15.9 Å². The molecule has 0 spiro atoms. The van der Waals surface area contributed by atoms with Crippen LogP contribution in [0.4, 0.5) is 0 Å². The molecule has 0 radical (unpaired) electrons. The Morgan fingerprint density at radius 2 is 2.00 bits per heavy atom. The molecule has 5 heteroatoms. The summed E-state index contributed by atoms with van der Waals surface area (Å²) in [7, 11) is 0. The van der Waals surface area contributed by atoms with E-state index in [-0.39, 0.29) is 5.76 Å². The van der Waals surface area contributed by atoms with Gasteiger partial charge < -0.3 is 9.15 Å². The number of benzene rings is 1. The number of rotatable bonds is 4. The van der Waals surface area contributed by atoms with Gasteiger partial charge in [-0.15, -0.1) is 0 Å². The number of ether oxygens (including phenoxy) is 1. The van der Waals surface area contributed by atoms with Crippen LogP contribution in [0.15, 0.2) is 51.6 Å². The van der Waals surface area contributed by atoms with Crippen molar-refractivity contribution >= 4 is 32.9 Å². The summed E-state index contributed by atoms with van der Waals surface area (Å²) in [6.45, 7) is 4.68. The molecule has 0 bridgehead atoms. The number of halogens is 1. The van der Waals surface area contributed by atoms with E-state index in [1.54, 1.807) is 6.92 Å². The second-order valence-electron chi connectivity index (χ2n) is 5.32. The zero-order valence-corrected chi connectivity index (χ0v) is 14.6. The van der Waals surface area contributed by atoms with Crippen molar-refractivity contribution in [3.63, 3.8) is 0 Å². The highest BCUT2D eigenvalue weighted by Gasteiger charge is 2.24. The van der Waals surface area contributed by atoms with Crippen molar-refractivity contribution in [2.75, 3.05) is 6.61 Å². The van der Waals surface area contributed by atoms with Crippen LogP contribution in [-0.4, -0.2) is 12.6 Å². The van der Waals surface area contributed by atoms with E-state index in [0.717, 1.165) is 15.4 Å². The van der Waals surface area contributed by atoms with Gasteiger partial charge in [0.2, 0.25) is 5.76 Å². The molecule has 3 aromatic rings. The number of carbonyl (C=O) groups excluding carboxylic acids is 1. The lowest BCUT2D eigenvalue weighted by Gasteiger charge is -2.01. The fourth-order valence-corrected chi connectivity index (χ4v) is 2.82. The summed E-state index contributed by atoms with van der Waals surface area (Å²) in [4.78, 5) is 12.2. The highest BCUT2D eigenvalue weighted by molar-refractivity contribution is 9.10. The second kappa shape index (κ2) is 6.54. The molecular weight excluding hydrogens is 358 g/mol. The van der Waals surface area contributed by atoms with Crippen molar-refractivity contribution in [3.8, 4) is 0 Å². The fraction of sp³-hybridized carbons (Fsp3) is 0.222. The quantitative estimate of drug-likeness (QED) is 0.511. The fourth-order valence-electron chi connectivity index (χ4n) is 2.46. The Balaban J connectivity index is 2.10. The van der Waals surface area contributed by atoms with Gasteiger partial charge in [-0.2, -0.15) is 0 Å². The molecule has 0 fully saturated rings. The molecule has 0 aliphatic heterocycles.